The predicted molar refractivity (Wildman–Crippen MR) is 137 cm³/mol. The molecular formula is C24H36N8O2S. The highest BCUT2D eigenvalue weighted by atomic mass is 32.2. The van der Waals surface area contributed by atoms with Crippen LogP contribution in [0.25, 0.3) is 5.65 Å². The number of anilines is 2. The molecule has 0 radical (unpaired) electrons. The SMILES string of the molecule is CC(C)c1cnn2c(NC3CC4CCC(C3)N4C(=O)OC3CNC3)nc(NC3CCSCC3)nc12. The Labute approximate surface area is 210 Å². The molecule has 2 aromatic rings. The Morgan fingerprint density at radius 3 is 2.49 bits per heavy atom. The molecule has 190 valence electrons. The number of hydrogen-bond acceptors (Lipinski definition) is 9. The summed E-state index contributed by atoms with van der Waals surface area (Å²) >= 11 is 2.01. The molecule has 6 heterocycles. The van der Waals surface area contributed by atoms with Gasteiger partial charge in [0, 0.05) is 42.8 Å². The summed E-state index contributed by atoms with van der Waals surface area (Å²) in [6.45, 7) is 5.87. The summed E-state index contributed by atoms with van der Waals surface area (Å²) in [5, 5.41) is 15.1. The Bertz CT molecular complexity index is 1050. The number of amides is 1. The molecule has 0 aromatic carbocycles. The number of aromatic nitrogens is 4. The number of carbonyl (C=O) groups is 1. The first-order valence-electron chi connectivity index (χ1n) is 13.1. The van der Waals surface area contributed by atoms with Gasteiger partial charge in [0.1, 0.15) is 6.10 Å². The van der Waals surface area contributed by atoms with Crippen LogP contribution in [0, 0.1) is 0 Å². The lowest BCUT2D eigenvalue weighted by atomic mass is 9.98. The highest BCUT2D eigenvalue weighted by Crippen LogP contribution is 2.37. The third-order valence-electron chi connectivity index (χ3n) is 7.86. The van der Waals surface area contributed by atoms with Gasteiger partial charge in [0.15, 0.2) is 5.65 Å². The fraction of sp³-hybridized carbons (Fsp3) is 0.750. The van der Waals surface area contributed by atoms with E-state index >= 15 is 0 Å². The molecular weight excluding hydrogens is 464 g/mol. The van der Waals surface area contributed by atoms with Crippen molar-refractivity contribution in [2.45, 2.75) is 88.6 Å². The third kappa shape index (κ3) is 4.64. The molecule has 4 saturated heterocycles. The van der Waals surface area contributed by atoms with E-state index in [0.29, 0.717) is 17.9 Å². The summed E-state index contributed by atoms with van der Waals surface area (Å²) in [4.78, 5) is 24.6. The van der Waals surface area contributed by atoms with Gasteiger partial charge in [-0.1, -0.05) is 13.8 Å². The number of rotatable bonds is 6. The smallest absolute Gasteiger partial charge is 0.410 e. The number of piperidine rings is 1. The number of thioether (sulfide) groups is 1. The largest absolute Gasteiger partial charge is 0.443 e. The first-order chi connectivity index (χ1) is 17.0. The molecule has 0 aliphatic carbocycles. The molecule has 2 aromatic heterocycles. The maximum absolute atomic E-state index is 12.8. The summed E-state index contributed by atoms with van der Waals surface area (Å²) in [7, 11) is 0. The molecule has 0 spiro atoms. The van der Waals surface area contributed by atoms with Crippen molar-refractivity contribution in [3.8, 4) is 0 Å². The molecule has 2 unspecified atom stereocenters. The van der Waals surface area contributed by atoms with Gasteiger partial charge >= 0.3 is 6.09 Å². The molecule has 10 nitrogen and oxygen atoms in total. The monoisotopic (exact) mass is 500 g/mol. The highest BCUT2D eigenvalue weighted by molar-refractivity contribution is 7.99. The predicted octanol–water partition coefficient (Wildman–Crippen LogP) is 3.07. The summed E-state index contributed by atoms with van der Waals surface area (Å²) < 4.78 is 7.54. The summed E-state index contributed by atoms with van der Waals surface area (Å²) in [6, 6.07) is 1.06. The van der Waals surface area contributed by atoms with Crippen molar-refractivity contribution < 1.29 is 9.53 Å². The fourth-order valence-corrected chi connectivity index (χ4v) is 6.92. The van der Waals surface area contributed by atoms with Crippen molar-refractivity contribution in [3.05, 3.63) is 11.8 Å². The Morgan fingerprint density at radius 1 is 1.09 bits per heavy atom. The van der Waals surface area contributed by atoms with E-state index in [1.807, 2.05) is 27.4 Å². The molecule has 11 heteroatoms. The first-order valence-corrected chi connectivity index (χ1v) is 14.3. The second-order valence-corrected chi connectivity index (χ2v) is 11.9. The van der Waals surface area contributed by atoms with E-state index in [-0.39, 0.29) is 30.3 Å². The zero-order chi connectivity index (χ0) is 23.9. The molecule has 3 N–H and O–H groups in total. The molecule has 4 aliphatic rings. The van der Waals surface area contributed by atoms with Gasteiger partial charge in [-0.05, 0) is 55.9 Å². The van der Waals surface area contributed by atoms with Gasteiger partial charge in [0.25, 0.3) is 0 Å². The average molecular weight is 501 g/mol. The van der Waals surface area contributed by atoms with E-state index in [9.17, 15) is 4.79 Å². The van der Waals surface area contributed by atoms with Gasteiger partial charge in [-0.3, -0.25) is 0 Å². The van der Waals surface area contributed by atoms with Crippen LogP contribution < -0.4 is 16.0 Å². The lowest BCUT2D eigenvalue weighted by Crippen LogP contribution is -2.55. The Kier molecular flexibility index (Phi) is 6.38. The van der Waals surface area contributed by atoms with Crippen molar-refractivity contribution >= 4 is 35.4 Å². The van der Waals surface area contributed by atoms with Gasteiger partial charge in [-0.2, -0.15) is 31.3 Å². The number of nitrogens with zero attached hydrogens (tertiary/aromatic N) is 5. The van der Waals surface area contributed by atoms with E-state index in [0.717, 1.165) is 68.8 Å². The Balaban J connectivity index is 1.21. The Morgan fingerprint density at radius 2 is 1.83 bits per heavy atom. The van der Waals surface area contributed by atoms with Gasteiger partial charge in [0.05, 0.1) is 6.20 Å². The van der Waals surface area contributed by atoms with Gasteiger partial charge in [-0.15, -0.1) is 0 Å². The zero-order valence-electron chi connectivity index (χ0n) is 20.6. The van der Waals surface area contributed by atoms with E-state index < -0.39 is 0 Å². The van der Waals surface area contributed by atoms with Crippen molar-refractivity contribution in [3.63, 3.8) is 0 Å². The lowest BCUT2D eigenvalue weighted by Gasteiger charge is -2.40. The standard InChI is InChI=1S/C24H36N8O2S/c1-14(2)20-13-26-32-21(20)29-22(27-15-5-7-35-8-6-15)30-23(32)28-16-9-17-3-4-18(10-16)31(17)24(33)34-19-11-25-12-19/h13-19,25H,3-12H2,1-2H3,(H2,27,28,29,30). The van der Waals surface area contributed by atoms with Crippen LogP contribution >= 0.6 is 11.8 Å². The quantitative estimate of drug-likeness (QED) is 0.551. The second-order valence-electron chi connectivity index (χ2n) is 10.7. The van der Waals surface area contributed by atoms with Gasteiger partial charge in [0.2, 0.25) is 11.9 Å². The topological polar surface area (TPSA) is 109 Å². The molecule has 1 amide bonds. The second kappa shape index (κ2) is 9.65. The van der Waals surface area contributed by atoms with Crippen LogP contribution in [-0.2, 0) is 4.74 Å². The van der Waals surface area contributed by atoms with Crippen molar-refractivity contribution in [1.29, 1.82) is 0 Å². The van der Waals surface area contributed by atoms with Gasteiger partial charge < -0.3 is 25.6 Å². The van der Waals surface area contributed by atoms with Crippen LogP contribution in [0.2, 0.25) is 0 Å². The fourth-order valence-electron chi connectivity index (χ4n) is 5.81. The van der Waals surface area contributed by atoms with Crippen LogP contribution in [0.3, 0.4) is 0 Å². The van der Waals surface area contributed by atoms with Crippen LogP contribution in [0.4, 0.5) is 16.7 Å². The van der Waals surface area contributed by atoms with Crippen LogP contribution in [0.5, 0.6) is 0 Å². The number of nitrogens with one attached hydrogen (secondary N) is 3. The van der Waals surface area contributed by atoms with Crippen LogP contribution in [-0.4, -0.2) is 85.4 Å². The van der Waals surface area contributed by atoms with E-state index in [1.165, 1.54) is 11.5 Å². The summed E-state index contributed by atoms with van der Waals surface area (Å²) in [5.41, 5.74) is 1.99. The lowest BCUT2D eigenvalue weighted by molar-refractivity contribution is 0.0194. The van der Waals surface area contributed by atoms with E-state index in [1.54, 1.807) is 0 Å². The molecule has 2 atom stereocenters. The van der Waals surface area contributed by atoms with Crippen molar-refractivity contribution in [2.24, 2.45) is 0 Å². The Hall–Kier alpha value is -2.27. The number of hydrogen-bond donors (Lipinski definition) is 3. The molecule has 4 fully saturated rings. The number of fused-ring (bicyclic) bond motifs is 3. The maximum Gasteiger partial charge on any atom is 0.410 e. The molecule has 6 rings (SSSR count). The minimum Gasteiger partial charge on any atom is -0.443 e. The molecule has 4 aliphatic heterocycles. The number of carbonyl (C=O) groups excluding carboxylic acids is 1. The minimum atomic E-state index is -0.141. The van der Waals surface area contributed by atoms with Crippen molar-refractivity contribution in [2.75, 3.05) is 35.2 Å². The van der Waals surface area contributed by atoms with Crippen LogP contribution in [0.15, 0.2) is 6.20 Å². The van der Waals surface area contributed by atoms with E-state index in [2.05, 4.69) is 34.9 Å². The minimum absolute atomic E-state index is 0.0238. The van der Waals surface area contributed by atoms with Crippen LogP contribution in [0.1, 0.15) is 63.9 Å². The molecule has 2 bridgehead atoms. The van der Waals surface area contributed by atoms with Gasteiger partial charge in [-0.25, -0.2) is 4.79 Å². The zero-order valence-corrected chi connectivity index (χ0v) is 21.4. The normalized spacial score (nSPS) is 27.3. The summed E-state index contributed by atoms with van der Waals surface area (Å²) in [6.07, 6.45) is 7.91. The summed E-state index contributed by atoms with van der Waals surface area (Å²) in [5.74, 6) is 4.09. The number of ether oxygens (including phenoxy) is 1. The first kappa shape index (κ1) is 23.1. The average Bonchev–Trinajstić information content (AvgIpc) is 3.36. The molecule has 0 saturated carbocycles. The maximum atomic E-state index is 12.8. The highest BCUT2D eigenvalue weighted by Gasteiger charge is 2.45. The third-order valence-corrected chi connectivity index (χ3v) is 8.91. The van der Waals surface area contributed by atoms with Crippen molar-refractivity contribution in [1.82, 2.24) is 29.8 Å². The van der Waals surface area contributed by atoms with E-state index in [4.69, 9.17) is 14.7 Å². The molecule has 35 heavy (non-hydrogen) atoms.